The van der Waals surface area contributed by atoms with Crippen LogP contribution in [0.4, 0.5) is 14.5 Å². The molecule has 0 unspecified atom stereocenters. The zero-order valence-electron chi connectivity index (χ0n) is 11.1. The third kappa shape index (κ3) is 4.25. The van der Waals surface area contributed by atoms with E-state index in [2.05, 4.69) is 10.6 Å². The van der Waals surface area contributed by atoms with Crippen LogP contribution in [0, 0.1) is 11.6 Å². The molecule has 0 aliphatic heterocycles. The van der Waals surface area contributed by atoms with E-state index in [4.69, 9.17) is 5.11 Å². The second-order valence-electron chi connectivity index (χ2n) is 4.41. The second kappa shape index (κ2) is 6.81. The van der Waals surface area contributed by atoms with Crippen LogP contribution < -0.4 is 10.6 Å². The van der Waals surface area contributed by atoms with Gasteiger partial charge in [-0.3, -0.25) is 4.79 Å². The lowest BCUT2D eigenvalue weighted by atomic mass is 10.2. The zero-order chi connectivity index (χ0) is 15.2. The smallest absolute Gasteiger partial charge is 0.238 e. The van der Waals surface area contributed by atoms with Crippen molar-refractivity contribution in [2.24, 2.45) is 0 Å². The predicted octanol–water partition coefficient (Wildman–Crippen LogP) is 2.40. The number of hydrogen-bond donors (Lipinski definition) is 3. The molecule has 0 radical (unpaired) electrons. The van der Waals surface area contributed by atoms with Crippen molar-refractivity contribution in [3.05, 3.63) is 59.7 Å². The van der Waals surface area contributed by atoms with E-state index in [1.54, 1.807) is 12.1 Å². The maximum atomic E-state index is 13.3. The molecule has 1 amide bonds. The summed E-state index contributed by atoms with van der Waals surface area (Å²) in [5.74, 6) is -2.02. The molecule has 0 spiro atoms. The van der Waals surface area contributed by atoms with E-state index >= 15 is 0 Å². The van der Waals surface area contributed by atoms with Gasteiger partial charge in [0.25, 0.3) is 0 Å². The maximum Gasteiger partial charge on any atom is 0.238 e. The van der Waals surface area contributed by atoms with Crippen LogP contribution in [0.15, 0.2) is 42.5 Å². The summed E-state index contributed by atoms with van der Waals surface area (Å²) in [5, 5.41) is 14.2. The summed E-state index contributed by atoms with van der Waals surface area (Å²) in [4.78, 5) is 11.6. The number of phenolic OH excluding ortho intramolecular Hbond substituents is 1. The lowest BCUT2D eigenvalue weighted by Crippen LogP contribution is -2.28. The highest BCUT2D eigenvalue weighted by molar-refractivity contribution is 5.92. The Bertz CT molecular complexity index is 610. The van der Waals surface area contributed by atoms with Crippen LogP contribution in [0.1, 0.15) is 5.56 Å². The molecule has 0 heterocycles. The second-order valence-corrected chi connectivity index (χ2v) is 4.41. The van der Waals surface area contributed by atoms with Crippen molar-refractivity contribution < 1.29 is 18.7 Å². The number of nitrogens with one attached hydrogen (secondary N) is 2. The van der Waals surface area contributed by atoms with Gasteiger partial charge in [-0.2, -0.15) is 0 Å². The molecule has 0 saturated heterocycles. The van der Waals surface area contributed by atoms with E-state index < -0.39 is 23.2 Å². The number of phenols is 1. The number of halogens is 2. The Morgan fingerprint density at radius 2 is 1.67 bits per heavy atom. The first-order valence-corrected chi connectivity index (χ1v) is 6.29. The Kier molecular flexibility index (Phi) is 4.84. The van der Waals surface area contributed by atoms with Crippen LogP contribution in [0.3, 0.4) is 0 Å². The molecule has 2 aromatic rings. The molecular formula is C15H14F2N2O2. The van der Waals surface area contributed by atoms with E-state index in [0.717, 1.165) is 17.7 Å². The number of aromatic hydroxyl groups is 1. The fraction of sp³-hybridized carbons (Fsp3) is 0.133. The summed E-state index contributed by atoms with van der Waals surface area (Å²) >= 11 is 0. The van der Waals surface area contributed by atoms with Gasteiger partial charge in [-0.25, -0.2) is 8.78 Å². The van der Waals surface area contributed by atoms with Crippen LogP contribution in [0.25, 0.3) is 0 Å². The Balaban J connectivity index is 1.84. The van der Waals surface area contributed by atoms with Crippen LogP contribution >= 0.6 is 0 Å². The first-order chi connectivity index (χ1) is 10.1. The summed E-state index contributed by atoms with van der Waals surface area (Å²) in [6.45, 7) is 0.308. The highest BCUT2D eigenvalue weighted by Gasteiger charge is 2.11. The third-order valence-electron chi connectivity index (χ3n) is 2.78. The number of anilines is 1. The standard InChI is InChI=1S/C15H14F2N2O2/c16-12-2-1-3-13(17)15(12)19-14(21)9-18-8-10-4-6-11(20)7-5-10/h1-7,18,20H,8-9H2,(H,19,21). The fourth-order valence-corrected chi connectivity index (χ4v) is 1.74. The monoisotopic (exact) mass is 292 g/mol. The third-order valence-corrected chi connectivity index (χ3v) is 2.78. The molecule has 0 aromatic heterocycles. The van der Waals surface area contributed by atoms with Crippen molar-refractivity contribution in [2.45, 2.75) is 6.54 Å². The van der Waals surface area contributed by atoms with Gasteiger partial charge >= 0.3 is 0 Å². The lowest BCUT2D eigenvalue weighted by Gasteiger charge is -2.08. The molecule has 2 aromatic carbocycles. The lowest BCUT2D eigenvalue weighted by molar-refractivity contribution is -0.115. The SMILES string of the molecule is O=C(CNCc1ccc(O)cc1)Nc1c(F)cccc1F. The van der Waals surface area contributed by atoms with Gasteiger partial charge < -0.3 is 15.7 Å². The summed E-state index contributed by atoms with van der Waals surface area (Å²) in [5.41, 5.74) is 0.423. The van der Waals surface area contributed by atoms with E-state index in [1.807, 2.05) is 0 Å². The van der Waals surface area contributed by atoms with Gasteiger partial charge in [-0.05, 0) is 29.8 Å². The van der Waals surface area contributed by atoms with Gasteiger partial charge in [-0.15, -0.1) is 0 Å². The summed E-state index contributed by atoms with van der Waals surface area (Å²) < 4.78 is 26.7. The quantitative estimate of drug-likeness (QED) is 0.793. The Hall–Kier alpha value is -2.47. The molecule has 0 bridgehead atoms. The average molecular weight is 292 g/mol. The van der Waals surface area contributed by atoms with Crippen molar-refractivity contribution >= 4 is 11.6 Å². The molecule has 0 aliphatic carbocycles. The van der Waals surface area contributed by atoms with Gasteiger partial charge in [0, 0.05) is 6.54 Å². The number of rotatable bonds is 5. The van der Waals surface area contributed by atoms with Gasteiger partial charge in [0.1, 0.15) is 23.1 Å². The number of carbonyl (C=O) groups is 1. The highest BCUT2D eigenvalue weighted by atomic mass is 19.1. The van der Waals surface area contributed by atoms with E-state index in [9.17, 15) is 13.6 Å². The minimum atomic E-state index is -0.818. The number of hydrogen-bond acceptors (Lipinski definition) is 3. The van der Waals surface area contributed by atoms with Crippen LogP contribution in [0.5, 0.6) is 5.75 Å². The molecule has 3 N–H and O–H groups in total. The van der Waals surface area contributed by atoms with Crippen LogP contribution in [-0.4, -0.2) is 17.6 Å². The van der Waals surface area contributed by atoms with Crippen molar-refractivity contribution in [3.8, 4) is 5.75 Å². The summed E-state index contributed by atoms with van der Waals surface area (Å²) in [7, 11) is 0. The molecule has 4 nitrogen and oxygen atoms in total. The molecule has 2 rings (SSSR count). The largest absolute Gasteiger partial charge is 0.508 e. The Morgan fingerprint density at radius 1 is 1.05 bits per heavy atom. The topological polar surface area (TPSA) is 61.4 Å². The molecular weight excluding hydrogens is 278 g/mol. The molecule has 0 atom stereocenters. The number of carbonyl (C=O) groups excluding carboxylic acids is 1. The minimum absolute atomic E-state index is 0.0886. The molecule has 21 heavy (non-hydrogen) atoms. The molecule has 6 heteroatoms. The summed E-state index contributed by atoms with van der Waals surface area (Å²) in [6.07, 6.45) is 0. The van der Waals surface area contributed by atoms with Crippen molar-refractivity contribution in [2.75, 3.05) is 11.9 Å². The molecule has 0 fully saturated rings. The number of para-hydroxylation sites is 1. The van der Waals surface area contributed by atoms with Gasteiger partial charge in [-0.1, -0.05) is 18.2 Å². The number of amides is 1. The van der Waals surface area contributed by atoms with E-state index in [0.29, 0.717) is 6.54 Å². The first kappa shape index (κ1) is 14.9. The van der Waals surface area contributed by atoms with Crippen molar-refractivity contribution in [1.29, 1.82) is 0 Å². The number of benzene rings is 2. The normalized spacial score (nSPS) is 10.4. The van der Waals surface area contributed by atoms with Crippen molar-refractivity contribution in [1.82, 2.24) is 5.32 Å². The average Bonchev–Trinajstić information content (AvgIpc) is 2.45. The molecule has 0 saturated carbocycles. The highest BCUT2D eigenvalue weighted by Crippen LogP contribution is 2.17. The van der Waals surface area contributed by atoms with Crippen LogP contribution in [-0.2, 0) is 11.3 Å². The summed E-state index contributed by atoms with van der Waals surface area (Å²) in [6, 6.07) is 9.85. The first-order valence-electron chi connectivity index (χ1n) is 6.29. The Labute approximate surface area is 120 Å². The van der Waals surface area contributed by atoms with E-state index in [1.165, 1.54) is 18.2 Å². The van der Waals surface area contributed by atoms with Gasteiger partial charge in [0.05, 0.1) is 6.54 Å². The van der Waals surface area contributed by atoms with Gasteiger partial charge in [0.2, 0.25) is 5.91 Å². The molecule has 0 aliphatic rings. The minimum Gasteiger partial charge on any atom is -0.508 e. The maximum absolute atomic E-state index is 13.3. The van der Waals surface area contributed by atoms with Gasteiger partial charge in [0.15, 0.2) is 0 Å². The predicted molar refractivity (Wildman–Crippen MR) is 74.8 cm³/mol. The molecule has 110 valence electrons. The zero-order valence-corrected chi connectivity index (χ0v) is 11.1. The Morgan fingerprint density at radius 3 is 2.29 bits per heavy atom. The van der Waals surface area contributed by atoms with Crippen molar-refractivity contribution in [3.63, 3.8) is 0 Å². The van der Waals surface area contributed by atoms with Crippen LogP contribution in [0.2, 0.25) is 0 Å². The van der Waals surface area contributed by atoms with E-state index in [-0.39, 0.29) is 12.3 Å². The fourth-order valence-electron chi connectivity index (χ4n) is 1.74.